The zero-order valence-electron chi connectivity index (χ0n) is 13.1. The topological polar surface area (TPSA) is 67.6 Å². The molecule has 1 aliphatic heterocycles. The number of nitrogens with one attached hydrogen (secondary N) is 1. The van der Waals surface area contributed by atoms with E-state index in [0.717, 1.165) is 6.42 Å². The summed E-state index contributed by atoms with van der Waals surface area (Å²) in [5.41, 5.74) is 6.21. The van der Waals surface area contributed by atoms with Gasteiger partial charge in [0.15, 0.2) is 0 Å². The first-order valence-corrected chi connectivity index (χ1v) is 8.67. The molecule has 5 nitrogen and oxygen atoms in total. The van der Waals surface area contributed by atoms with Crippen molar-refractivity contribution in [1.29, 1.82) is 0 Å². The number of alkyl halides is 2. The molecule has 1 fully saturated rings. The fraction of sp³-hybridized carbons (Fsp3) is 0.800. The van der Waals surface area contributed by atoms with Gasteiger partial charge in [-0.2, -0.15) is 0 Å². The highest BCUT2D eigenvalue weighted by atomic mass is 79.9. The highest BCUT2D eigenvalue weighted by molar-refractivity contribution is 9.09. The maximum atomic E-state index is 14.3. The molecule has 0 aromatic rings. The first-order valence-electron chi connectivity index (χ1n) is 7.75. The van der Waals surface area contributed by atoms with E-state index in [1.165, 1.54) is 0 Å². The van der Waals surface area contributed by atoms with Crippen molar-refractivity contribution < 1.29 is 13.9 Å². The van der Waals surface area contributed by atoms with Gasteiger partial charge in [0.25, 0.3) is 0 Å². The van der Waals surface area contributed by atoms with Crippen molar-refractivity contribution in [2.45, 2.75) is 49.3 Å². The molecule has 3 N–H and O–H groups in total. The normalized spacial score (nSPS) is 32.4. The largest absolute Gasteiger partial charge is 0.465 e. The zero-order valence-corrected chi connectivity index (χ0v) is 14.7. The number of nitrogens with two attached hydrogens (primary N) is 1. The summed E-state index contributed by atoms with van der Waals surface area (Å²) < 4.78 is 19.4. The van der Waals surface area contributed by atoms with Crippen LogP contribution in [0, 0.1) is 0 Å². The summed E-state index contributed by atoms with van der Waals surface area (Å²) in [6.07, 6.45) is 2.13. The maximum absolute atomic E-state index is 14.3. The summed E-state index contributed by atoms with van der Waals surface area (Å²) >= 11 is 3.52. The number of hydrogen-bond donors (Lipinski definition) is 2. The molecule has 2 unspecified atom stereocenters. The predicted molar refractivity (Wildman–Crippen MR) is 87.5 cm³/mol. The van der Waals surface area contributed by atoms with E-state index in [4.69, 9.17) is 10.5 Å². The van der Waals surface area contributed by atoms with Crippen LogP contribution in [0.15, 0.2) is 11.6 Å². The number of hydrogen-bond acceptors (Lipinski definition) is 5. The summed E-state index contributed by atoms with van der Waals surface area (Å²) in [6.45, 7) is 5.47. The lowest BCUT2D eigenvalue weighted by molar-refractivity contribution is -0.148. The third-order valence-electron chi connectivity index (χ3n) is 4.24. The molecule has 0 spiro atoms. The van der Waals surface area contributed by atoms with E-state index >= 15 is 0 Å². The molecule has 0 aromatic heterocycles. The van der Waals surface area contributed by atoms with Gasteiger partial charge in [-0.05, 0) is 32.3 Å². The Morgan fingerprint density at radius 3 is 3.05 bits per heavy atom. The molecule has 1 heterocycles. The molecule has 0 amide bonds. The summed E-state index contributed by atoms with van der Waals surface area (Å²) in [5, 5.41) is 3.15. The molecule has 2 rings (SSSR count). The number of carbonyl (C=O) groups is 1. The number of esters is 1. The second-order valence-corrected chi connectivity index (χ2v) is 7.40. The van der Waals surface area contributed by atoms with Gasteiger partial charge in [-0.3, -0.25) is 9.69 Å². The predicted octanol–water partition coefficient (Wildman–Crippen LogP) is 1.32. The molecule has 22 heavy (non-hydrogen) atoms. The number of nitrogens with zero attached hydrogens (tertiary/aromatic N) is 1. The number of carbonyl (C=O) groups excluding carboxylic acids is 1. The van der Waals surface area contributed by atoms with Crippen LogP contribution in [0.25, 0.3) is 0 Å². The molecule has 7 heteroatoms. The third kappa shape index (κ3) is 4.07. The van der Waals surface area contributed by atoms with Gasteiger partial charge in [-0.1, -0.05) is 22.0 Å². The van der Waals surface area contributed by atoms with Crippen LogP contribution in [0.4, 0.5) is 4.39 Å². The number of rotatable bonds is 5. The van der Waals surface area contributed by atoms with E-state index in [-0.39, 0.29) is 16.8 Å². The van der Waals surface area contributed by atoms with Gasteiger partial charge >= 0.3 is 5.97 Å². The van der Waals surface area contributed by atoms with E-state index in [2.05, 4.69) is 21.2 Å². The van der Waals surface area contributed by atoms with E-state index < -0.39 is 11.7 Å². The highest BCUT2D eigenvalue weighted by Crippen LogP contribution is 2.32. The number of halogens is 2. The van der Waals surface area contributed by atoms with E-state index in [0.29, 0.717) is 38.4 Å². The number of allylic oxidation sites excluding steroid dienone is 1. The molecule has 1 aliphatic carbocycles. The van der Waals surface area contributed by atoms with Crippen LogP contribution in [0.2, 0.25) is 0 Å². The second kappa shape index (κ2) is 7.38. The van der Waals surface area contributed by atoms with Gasteiger partial charge < -0.3 is 15.8 Å². The van der Waals surface area contributed by atoms with Crippen LogP contribution in [0.3, 0.4) is 0 Å². The van der Waals surface area contributed by atoms with Crippen molar-refractivity contribution in [3.05, 3.63) is 11.6 Å². The summed E-state index contributed by atoms with van der Waals surface area (Å²) in [7, 11) is 0. The Kier molecular flexibility index (Phi) is 5.99. The van der Waals surface area contributed by atoms with E-state index in [9.17, 15) is 9.18 Å². The van der Waals surface area contributed by atoms with Crippen molar-refractivity contribution in [3.63, 3.8) is 0 Å². The molecule has 2 aliphatic rings. The smallest absolute Gasteiger partial charge is 0.324 e. The van der Waals surface area contributed by atoms with Crippen LogP contribution >= 0.6 is 15.9 Å². The molecule has 0 radical (unpaired) electrons. The van der Waals surface area contributed by atoms with E-state index in [1.54, 1.807) is 6.92 Å². The Morgan fingerprint density at radius 1 is 1.64 bits per heavy atom. The SMILES string of the molecule is CCOC(=O)[C@H]1CNCN1C[C@](C)(N)C1=CC(Br)CCC1F. The minimum atomic E-state index is -1.01. The summed E-state index contributed by atoms with van der Waals surface area (Å²) in [5.74, 6) is -0.254. The third-order valence-corrected chi connectivity index (χ3v) is 4.96. The van der Waals surface area contributed by atoms with Gasteiger partial charge in [0.1, 0.15) is 12.2 Å². The average Bonchev–Trinajstić information content (AvgIpc) is 2.89. The van der Waals surface area contributed by atoms with Gasteiger partial charge in [0, 0.05) is 30.1 Å². The molecule has 126 valence electrons. The Hall–Kier alpha value is -0.500. The zero-order chi connectivity index (χ0) is 16.3. The summed E-state index contributed by atoms with van der Waals surface area (Å²) in [6, 6.07) is -0.357. The van der Waals surface area contributed by atoms with Gasteiger partial charge in [-0.25, -0.2) is 4.39 Å². The van der Waals surface area contributed by atoms with Crippen molar-refractivity contribution in [1.82, 2.24) is 10.2 Å². The lowest BCUT2D eigenvalue weighted by atomic mass is 9.83. The molecular weight excluding hydrogens is 353 g/mol. The van der Waals surface area contributed by atoms with Crippen LogP contribution in [-0.2, 0) is 9.53 Å². The van der Waals surface area contributed by atoms with Gasteiger partial charge in [0.05, 0.1) is 6.61 Å². The monoisotopic (exact) mass is 377 g/mol. The molecule has 0 saturated carbocycles. The Balaban J connectivity index is 2.08. The standard InChI is InChI=1S/C15H25BrFN3O2/c1-3-22-14(21)13-7-19-9-20(13)8-15(2,18)11-6-10(16)4-5-12(11)17/h6,10,12-13,19H,3-5,7-9,18H2,1-2H3/t10?,12?,13-,15+/m1/s1. The Labute approximate surface area is 139 Å². The molecular formula is C15H25BrFN3O2. The van der Waals surface area contributed by atoms with Crippen LogP contribution in [-0.4, -0.2) is 59.8 Å². The van der Waals surface area contributed by atoms with Crippen LogP contribution in [0.5, 0.6) is 0 Å². The lowest BCUT2D eigenvalue weighted by Gasteiger charge is -2.37. The first kappa shape index (κ1) is 17.8. The molecule has 0 bridgehead atoms. The fourth-order valence-electron chi connectivity index (χ4n) is 3.13. The summed E-state index contributed by atoms with van der Waals surface area (Å²) in [4.78, 5) is 14.1. The van der Waals surface area contributed by atoms with Gasteiger partial charge in [-0.15, -0.1) is 0 Å². The maximum Gasteiger partial charge on any atom is 0.324 e. The van der Waals surface area contributed by atoms with E-state index in [1.807, 2.05) is 17.9 Å². The van der Waals surface area contributed by atoms with Crippen molar-refractivity contribution in [3.8, 4) is 0 Å². The molecule has 0 aromatic carbocycles. The van der Waals surface area contributed by atoms with Gasteiger partial charge in [0.2, 0.25) is 0 Å². The lowest BCUT2D eigenvalue weighted by Crippen LogP contribution is -2.54. The quantitative estimate of drug-likeness (QED) is 0.429. The van der Waals surface area contributed by atoms with Crippen molar-refractivity contribution in [2.24, 2.45) is 5.73 Å². The minimum absolute atomic E-state index is 0.162. The van der Waals surface area contributed by atoms with Crippen molar-refractivity contribution >= 4 is 21.9 Å². The first-order chi connectivity index (χ1) is 10.3. The van der Waals surface area contributed by atoms with Crippen molar-refractivity contribution in [2.75, 3.05) is 26.4 Å². The Morgan fingerprint density at radius 2 is 2.36 bits per heavy atom. The van der Waals surface area contributed by atoms with Crippen LogP contribution in [0.1, 0.15) is 26.7 Å². The molecule has 4 atom stereocenters. The number of ether oxygens (including phenoxy) is 1. The molecule has 1 saturated heterocycles. The fourth-order valence-corrected chi connectivity index (χ4v) is 3.68. The van der Waals surface area contributed by atoms with Crippen LogP contribution < -0.4 is 11.1 Å². The second-order valence-electron chi connectivity index (χ2n) is 6.23. The highest BCUT2D eigenvalue weighted by Gasteiger charge is 2.39. The average molecular weight is 378 g/mol. The Bertz CT molecular complexity index is 445. The minimum Gasteiger partial charge on any atom is -0.465 e.